The summed E-state index contributed by atoms with van der Waals surface area (Å²) in [5.41, 5.74) is 5.28. The number of carbonyl (C=O) groups excluding carboxylic acids is 1. The Labute approximate surface area is 117 Å². The quantitative estimate of drug-likeness (QED) is 0.708. The van der Waals surface area contributed by atoms with Gasteiger partial charge in [0.05, 0.1) is 6.10 Å². The van der Waals surface area contributed by atoms with Crippen LogP contribution in [-0.4, -0.2) is 36.1 Å². The first-order valence-electron chi connectivity index (χ1n) is 6.48. The van der Waals surface area contributed by atoms with E-state index in [1.165, 1.54) is 16.8 Å². The maximum absolute atomic E-state index is 12.2. The maximum Gasteiger partial charge on any atom is 0.265 e. The molecule has 1 aromatic rings. The van der Waals surface area contributed by atoms with Gasteiger partial charge in [-0.05, 0) is 18.9 Å². The van der Waals surface area contributed by atoms with E-state index in [1.54, 1.807) is 7.05 Å². The molecule has 0 aliphatic heterocycles. The number of carbonyl (C=O) groups is 1. The molecular formula is C12H19N3O4S. The van der Waals surface area contributed by atoms with Crippen molar-refractivity contribution in [3.63, 3.8) is 0 Å². The Balaban J connectivity index is 2.22. The maximum atomic E-state index is 12.2. The van der Waals surface area contributed by atoms with Gasteiger partial charge in [0, 0.05) is 19.3 Å². The second-order valence-corrected chi connectivity index (χ2v) is 6.83. The number of aryl methyl sites for hydroxylation is 1. The van der Waals surface area contributed by atoms with Gasteiger partial charge in [0.2, 0.25) is 10.0 Å². The molecular weight excluding hydrogens is 282 g/mol. The van der Waals surface area contributed by atoms with Gasteiger partial charge in [0.25, 0.3) is 5.91 Å². The molecule has 1 fully saturated rings. The molecule has 1 amide bonds. The number of amides is 1. The van der Waals surface area contributed by atoms with Gasteiger partial charge in [-0.3, -0.25) is 4.79 Å². The van der Waals surface area contributed by atoms with Crippen LogP contribution in [0.15, 0.2) is 17.2 Å². The van der Waals surface area contributed by atoms with E-state index in [0.29, 0.717) is 12.8 Å². The molecule has 4 N–H and O–H groups in total. The van der Waals surface area contributed by atoms with E-state index >= 15 is 0 Å². The Kier molecular flexibility index (Phi) is 4.17. The van der Waals surface area contributed by atoms with Crippen LogP contribution in [-0.2, 0) is 17.1 Å². The van der Waals surface area contributed by atoms with E-state index in [9.17, 15) is 18.3 Å². The Morgan fingerprint density at radius 2 is 2.10 bits per heavy atom. The van der Waals surface area contributed by atoms with E-state index in [-0.39, 0.29) is 10.6 Å². The Hall–Kier alpha value is -1.38. The minimum Gasteiger partial charge on any atom is -0.391 e. The highest BCUT2D eigenvalue weighted by Gasteiger charge is 2.29. The van der Waals surface area contributed by atoms with Crippen LogP contribution in [0.25, 0.3) is 0 Å². The summed E-state index contributed by atoms with van der Waals surface area (Å²) in [5, 5.41) is 9.82. The monoisotopic (exact) mass is 301 g/mol. The number of aliphatic hydroxyl groups excluding tert-OH is 1. The number of aliphatic hydroxyl groups is 1. The van der Waals surface area contributed by atoms with Crippen molar-refractivity contribution in [1.82, 2.24) is 9.29 Å². The number of aromatic nitrogens is 1. The van der Waals surface area contributed by atoms with Gasteiger partial charge in [0.15, 0.2) is 0 Å². The molecule has 0 radical (unpaired) electrons. The van der Waals surface area contributed by atoms with Crippen LogP contribution in [0.2, 0.25) is 0 Å². The summed E-state index contributed by atoms with van der Waals surface area (Å²) in [6.45, 7) is 0. The third kappa shape index (κ3) is 3.02. The van der Waals surface area contributed by atoms with E-state index in [4.69, 9.17) is 5.73 Å². The molecule has 20 heavy (non-hydrogen) atoms. The lowest BCUT2D eigenvalue weighted by Gasteiger charge is -2.27. The molecule has 1 aliphatic carbocycles. The first-order chi connectivity index (χ1) is 9.31. The molecule has 2 rings (SSSR count). The molecule has 7 nitrogen and oxygen atoms in total. The number of hydrogen-bond donors (Lipinski definition) is 3. The molecule has 112 valence electrons. The predicted molar refractivity (Wildman–Crippen MR) is 72.5 cm³/mol. The van der Waals surface area contributed by atoms with Crippen LogP contribution in [0.5, 0.6) is 0 Å². The van der Waals surface area contributed by atoms with Crippen molar-refractivity contribution >= 4 is 15.9 Å². The van der Waals surface area contributed by atoms with Crippen molar-refractivity contribution < 1.29 is 18.3 Å². The van der Waals surface area contributed by atoms with Crippen molar-refractivity contribution in [2.75, 3.05) is 0 Å². The number of nitrogens with zero attached hydrogens (tertiary/aromatic N) is 1. The van der Waals surface area contributed by atoms with Crippen molar-refractivity contribution in [3.8, 4) is 0 Å². The minimum atomic E-state index is -3.77. The van der Waals surface area contributed by atoms with Crippen molar-refractivity contribution in [2.45, 2.75) is 42.7 Å². The number of nitrogens with two attached hydrogens (primary N) is 1. The molecule has 2 atom stereocenters. The average Bonchev–Trinajstić information content (AvgIpc) is 2.75. The predicted octanol–water partition coefficient (Wildman–Crippen LogP) is -0.294. The van der Waals surface area contributed by atoms with Crippen LogP contribution in [0.4, 0.5) is 0 Å². The van der Waals surface area contributed by atoms with E-state index in [2.05, 4.69) is 4.72 Å². The van der Waals surface area contributed by atoms with Gasteiger partial charge in [-0.15, -0.1) is 0 Å². The van der Waals surface area contributed by atoms with Crippen LogP contribution >= 0.6 is 0 Å². The molecule has 0 aromatic carbocycles. The lowest BCUT2D eigenvalue weighted by molar-refractivity contribution is 0.0992. The van der Waals surface area contributed by atoms with Crippen molar-refractivity contribution in [2.24, 2.45) is 12.8 Å². The number of primary amides is 1. The number of hydrogen-bond acceptors (Lipinski definition) is 4. The SMILES string of the molecule is Cn1cc(S(=O)(=O)N[C@H]2CCCC[C@@H]2O)cc1C(N)=O. The fourth-order valence-corrected chi connectivity index (χ4v) is 3.82. The van der Waals surface area contributed by atoms with Gasteiger partial charge in [0.1, 0.15) is 10.6 Å². The standard InChI is InChI=1S/C12H19N3O4S/c1-15-7-8(6-10(15)12(13)17)20(18,19)14-9-4-2-3-5-11(9)16/h6-7,9,11,14,16H,2-5H2,1H3,(H2,13,17)/t9-,11-/m0/s1. The third-order valence-corrected chi connectivity index (χ3v) is 5.04. The lowest BCUT2D eigenvalue weighted by atomic mass is 9.93. The molecule has 8 heteroatoms. The van der Waals surface area contributed by atoms with Gasteiger partial charge >= 0.3 is 0 Å². The zero-order valence-corrected chi connectivity index (χ0v) is 12.1. The number of nitrogens with one attached hydrogen (secondary N) is 1. The molecule has 0 unspecified atom stereocenters. The fourth-order valence-electron chi connectivity index (χ4n) is 2.44. The number of rotatable bonds is 4. The second kappa shape index (κ2) is 5.55. The second-order valence-electron chi connectivity index (χ2n) is 5.12. The average molecular weight is 301 g/mol. The highest BCUT2D eigenvalue weighted by molar-refractivity contribution is 7.89. The zero-order chi connectivity index (χ0) is 14.9. The van der Waals surface area contributed by atoms with Gasteiger partial charge in [-0.1, -0.05) is 12.8 Å². The van der Waals surface area contributed by atoms with Gasteiger partial charge < -0.3 is 15.4 Å². The molecule has 0 saturated heterocycles. The molecule has 1 aliphatic rings. The summed E-state index contributed by atoms with van der Waals surface area (Å²) in [5.74, 6) is -0.688. The summed E-state index contributed by atoms with van der Waals surface area (Å²) in [6, 6.07) is 0.755. The van der Waals surface area contributed by atoms with E-state index < -0.39 is 28.1 Å². The molecule has 1 saturated carbocycles. The fraction of sp³-hybridized carbons (Fsp3) is 0.583. The Morgan fingerprint density at radius 3 is 2.65 bits per heavy atom. The summed E-state index contributed by atoms with van der Waals surface area (Å²) in [7, 11) is -2.22. The largest absolute Gasteiger partial charge is 0.391 e. The summed E-state index contributed by atoms with van der Waals surface area (Å²) in [6.07, 6.45) is 3.64. The summed E-state index contributed by atoms with van der Waals surface area (Å²) in [4.78, 5) is 11.1. The Bertz CT molecular complexity index is 608. The third-order valence-electron chi connectivity index (χ3n) is 3.58. The van der Waals surface area contributed by atoms with Crippen LogP contribution < -0.4 is 10.5 Å². The summed E-state index contributed by atoms with van der Waals surface area (Å²) < 4.78 is 28.4. The molecule has 1 heterocycles. The highest BCUT2D eigenvalue weighted by atomic mass is 32.2. The summed E-state index contributed by atoms with van der Waals surface area (Å²) >= 11 is 0. The van der Waals surface area contributed by atoms with Gasteiger partial charge in [-0.25, -0.2) is 13.1 Å². The zero-order valence-electron chi connectivity index (χ0n) is 11.2. The van der Waals surface area contributed by atoms with Crippen LogP contribution in [0, 0.1) is 0 Å². The molecule has 0 bridgehead atoms. The van der Waals surface area contributed by atoms with Gasteiger partial charge in [-0.2, -0.15) is 0 Å². The first kappa shape index (κ1) is 15.0. The van der Waals surface area contributed by atoms with Crippen LogP contribution in [0.3, 0.4) is 0 Å². The normalized spacial score (nSPS) is 23.7. The van der Waals surface area contributed by atoms with Crippen LogP contribution in [0.1, 0.15) is 36.2 Å². The minimum absolute atomic E-state index is 0.0217. The smallest absolute Gasteiger partial charge is 0.265 e. The lowest BCUT2D eigenvalue weighted by Crippen LogP contribution is -2.44. The number of sulfonamides is 1. The topological polar surface area (TPSA) is 114 Å². The molecule has 1 aromatic heterocycles. The molecule has 0 spiro atoms. The highest BCUT2D eigenvalue weighted by Crippen LogP contribution is 2.21. The Morgan fingerprint density at radius 1 is 1.45 bits per heavy atom. The van der Waals surface area contributed by atoms with Crippen molar-refractivity contribution in [3.05, 3.63) is 18.0 Å². The van der Waals surface area contributed by atoms with E-state index in [1.807, 2.05) is 0 Å². The first-order valence-corrected chi connectivity index (χ1v) is 7.96. The van der Waals surface area contributed by atoms with Crippen molar-refractivity contribution in [1.29, 1.82) is 0 Å². The van der Waals surface area contributed by atoms with E-state index in [0.717, 1.165) is 12.8 Å².